The SMILES string of the molecule is CCCCCCCCCC(=O)/C=C/C=C/C(C)=C(C)/C(C)=C(\C)C(=O)n1ccnc1. The molecule has 0 saturated carbocycles. The molecule has 0 aliphatic carbocycles. The standard InChI is InChI=1S/C26H38N2O2/c1-6-7-8-9-10-11-12-16-25(29)17-14-13-15-21(2)22(3)23(4)24(5)26(30)28-19-18-27-20-28/h13-15,17-20H,6-12,16H2,1-5H3/b15-13+,17-14+,22-21+,24-23+. The van der Waals surface area contributed by atoms with E-state index in [1.54, 1.807) is 18.5 Å². The van der Waals surface area contributed by atoms with Crippen LogP contribution >= 0.6 is 0 Å². The number of hydrogen-bond acceptors (Lipinski definition) is 3. The number of unbranched alkanes of at least 4 members (excludes halogenated alkanes) is 6. The molecule has 4 heteroatoms. The monoisotopic (exact) mass is 410 g/mol. The van der Waals surface area contributed by atoms with Gasteiger partial charge in [-0.25, -0.2) is 4.98 Å². The molecule has 0 saturated heterocycles. The first-order chi connectivity index (χ1) is 14.4. The largest absolute Gasteiger partial charge is 0.295 e. The Hall–Kier alpha value is -2.49. The lowest BCUT2D eigenvalue weighted by Gasteiger charge is -2.10. The summed E-state index contributed by atoms with van der Waals surface area (Å²) in [5, 5.41) is 0. The van der Waals surface area contributed by atoms with Gasteiger partial charge in [-0.15, -0.1) is 0 Å². The number of carbonyl (C=O) groups is 2. The number of imidazole rings is 1. The Kier molecular flexibility index (Phi) is 12.3. The lowest BCUT2D eigenvalue weighted by Crippen LogP contribution is -2.11. The Bertz CT molecular complexity index is 793. The van der Waals surface area contributed by atoms with Crippen molar-refractivity contribution in [1.29, 1.82) is 0 Å². The van der Waals surface area contributed by atoms with E-state index in [2.05, 4.69) is 11.9 Å². The molecule has 0 aliphatic rings. The van der Waals surface area contributed by atoms with Crippen LogP contribution in [0.5, 0.6) is 0 Å². The Morgan fingerprint density at radius 3 is 2.10 bits per heavy atom. The molecule has 0 unspecified atom stereocenters. The Morgan fingerprint density at radius 1 is 0.833 bits per heavy atom. The van der Waals surface area contributed by atoms with E-state index in [1.165, 1.54) is 43.0 Å². The van der Waals surface area contributed by atoms with Crippen molar-refractivity contribution in [2.75, 3.05) is 0 Å². The van der Waals surface area contributed by atoms with Gasteiger partial charge in [0.1, 0.15) is 6.33 Å². The van der Waals surface area contributed by atoms with Crippen molar-refractivity contribution in [2.45, 2.75) is 86.0 Å². The molecule has 0 atom stereocenters. The molecule has 1 aromatic rings. The minimum atomic E-state index is -0.0722. The predicted molar refractivity (Wildman–Crippen MR) is 125 cm³/mol. The van der Waals surface area contributed by atoms with Crippen LogP contribution in [0.25, 0.3) is 0 Å². The molecule has 1 heterocycles. The smallest absolute Gasteiger partial charge is 0.259 e. The molecule has 0 bridgehead atoms. The summed E-state index contributed by atoms with van der Waals surface area (Å²) in [7, 11) is 0. The number of rotatable bonds is 13. The summed E-state index contributed by atoms with van der Waals surface area (Å²) in [5.74, 6) is 0.112. The molecule has 0 radical (unpaired) electrons. The molecule has 4 nitrogen and oxygen atoms in total. The molecule has 0 aromatic carbocycles. The first kappa shape index (κ1) is 25.5. The number of hydrogen-bond donors (Lipinski definition) is 0. The van der Waals surface area contributed by atoms with Gasteiger partial charge in [0.2, 0.25) is 0 Å². The highest BCUT2D eigenvalue weighted by Crippen LogP contribution is 2.19. The fourth-order valence-corrected chi connectivity index (χ4v) is 3.14. The highest BCUT2D eigenvalue weighted by Gasteiger charge is 2.11. The van der Waals surface area contributed by atoms with Gasteiger partial charge in [-0.3, -0.25) is 14.2 Å². The zero-order valence-corrected chi connectivity index (χ0v) is 19.4. The summed E-state index contributed by atoms with van der Waals surface area (Å²) < 4.78 is 1.48. The van der Waals surface area contributed by atoms with Crippen LogP contribution in [0.2, 0.25) is 0 Å². The van der Waals surface area contributed by atoms with Crippen LogP contribution in [-0.2, 0) is 4.79 Å². The van der Waals surface area contributed by atoms with Crippen molar-refractivity contribution in [1.82, 2.24) is 9.55 Å². The molecular formula is C26H38N2O2. The molecular weight excluding hydrogens is 372 g/mol. The maximum Gasteiger partial charge on any atom is 0.259 e. The van der Waals surface area contributed by atoms with E-state index >= 15 is 0 Å². The van der Waals surface area contributed by atoms with E-state index < -0.39 is 0 Å². The maximum atomic E-state index is 12.5. The Labute approximate surface area is 182 Å². The molecule has 0 N–H and O–H groups in total. The van der Waals surface area contributed by atoms with Gasteiger partial charge in [0.25, 0.3) is 5.91 Å². The highest BCUT2D eigenvalue weighted by molar-refractivity contribution is 5.96. The molecule has 30 heavy (non-hydrogen) atoms. The van der Waals surface area contributed by atoms with Crippen molar-refractivity contribution in [3.05, 3.63) is 65.3 Å². The second-order valence-electron chi connectivity index (χ2n) is 7.89. The van der Waals surface area contributed by atoms with E-state index in [4.69, 9.17) is 0 Å². The van der Waals surface area contributed by atoms with Crippen molar-refractivity contribution >= 4 is 11.7 Å². The van der Waals surface area contributed by atoms with Crippen LogP contribution < -0.4 is 0 Å². The normalized spacial score (nSPS) is 13.6. The summed E-state index contributed by atoms with van der Waals surface area (Å²) in [6.07, 6.45) is 21.3. The lowest BCUT2D eigenvalue weighted by atomic mass is 9.98. The van der Waals surface area contributed by atoms with Crippen molar-refractivity contribution in [2.24, 2.45) is 0 Å². The zero-order valence-electron chi connectivity index (χ0n) is 19.4. The average Bonchev–Trinajstić information content (AvgIpc) is 3.28. The Morgan fingerprint density at radius 2 is 1.47 bits per heavy atom. The molecule has 1 aromatic heterocycles. The van der Waals surface area contributed by atoms with Crippen LogP contribution in [0.3, 0.4) is 0 Å². The van der Waals surface area contributed by atoms with Gasteiger partial charge in [0.15, 0.2) is 5.78 Å². The molecule has 0 fully saturated rings. The van der Waals surface area contributed by atoms with Crippen LogP contribution in [0, 0.1) is 0 Å². The third kappa shape index (κ3) is 9.34. The maximum absolute atomic E-state index is 12.5. The number of ketones is 1. The van der Waals surface area contributed by atoms with E-state index in [-0.39, 0.29) is 11.7 Å². The van der Waals surface area contributed by atoms with E-state index in [0.29, 0.717) is 12.0 Å². The van der Waals surface area contributed by atoms with Crippen LogP contribution in [-0.4, -0.2) is 21.2 Å². The number of allylic oxidation sites excluding steroid dienone is 8. The van der Waals surface area contributed by atoms with Crippen molar-refractivity contribution in [3.8, 4) is 0 Å². The molecule has 0 spiro atoms. The van der Waals surface area contributed by atoms with Crippen LogP contribution in [0.15, 0.2) is 65.3 Å². The lowest BCUT2D eigenvalue weighted by molar-refractivity contribution is -0.114. The summed E-state index contributed by atoms with van der Waals surface area (Å²) >= 11 is 0. The van der Waals surface area contributed by atoms with Crippen molar-refractivity contribution in [3.63, 3.8) is 0 Å². The third-order valence-electron chi connectivity index (χ3n) is 5.54. The van der Waals surface area contributed by atoms with Crippen molar-refractivity contribution < 1.29 is 9.59 Å². The molecule has 164 valence electrons. The fraction of sp³-hybridized carbons (Fsp3) is 0.500. The minimum absolute atomic E-state index is 0.0722. The average molecular weight is 411 g/mol. The van der Waals surface area contributed by atoms with E-state index in [0.717, 1.165) is 29.6 Å². The van der Waals surface area contributed by atoms with Gasteiger partial charge in [-0.1, -0.05) is 63.7 Å². The third-order valence-corrected chi connectivity index (χ3v) is 5.54. The quantitative estimate of drug-likeness (QED) is 0.199. The molecule has 0 amide bonds. The highest BCUT2D eigenvalue weighted by atomic mass is 16.2. The first-order valence-electron chi connectivity index (χ1n) is 11.1. The second kappa shape index (κ2) is 14.5. The van der Waals surface area contributed by atoms with Crippen LogP contribution in [0.1, 0.15) is 90.8 Å². The zero-order chi connectivity index (χ0) is 22.4. The van der Waals surface area contributed by atoms with Gasteiger partial charge >= 0.3 is 0 Å². The Balaban J connectivity index is 2.52. The van der Waals surface area contributed by atoms with Crippen LogP contribution in [0.4, 0.5) is 0 Å². The van der Waals surface area contributed by atoms with Gasteiger partial charge in [-0.2, -0.15) is 0 Å². The van der Waals surface area contributed by atoms with Gasteiger partial charge < -0.3 is 0 Å². The second-order valence-corrected chi connectivity index (χ2v) is 7.89. The fourth-order valence-electron chi connectivity index (χ4n) is 3.14. The van der Waals surface area contributed by atoms with Gasteiger partial charge in [0.05, 0.1) is 0 Å². The number of nitrogens with zero attached hydrogens (tertiary/aromatic N) is 2. The summed E-state index contributed by atoms with van der Waals surface area (Å²) in [6, 6.07) is 0. The molecule has 0 aliphatic heterocycles. The molecule has 1 rings (SSSR count). The first-order valence-corrected chi connectivity index (χ1v) is 11.1. The summed E-state index contributed by atoms with van der Waals surface area (Å²) in [4.78, 5) is 28.3. The van der Waals surface area contributed by atoms with E-state index in [1.807, 2.05) is 45.9 Å². The minimum Gasteiger partial charge on any atom is -0.295 e. The summed E-state index contributed by atoms with van der Waals surface area (Å²) in [5.41, 5.74) is 3.77. The van der Waals surface area contributed by atoms with Gasteiger partial charge in [-0.05, 0) is 56.9 Å². The number of carbonyl (C=O) groups excluding carboxylic acids is 2. The number of aromatic nitrogens is 2. The van der Waals surface area contributed by atoms with E-state index in [9.17, 15) is 9.59 Å². The van der Waals surface area contributed by atoms with Gasteiger partial charge in [0, 0.05) is 24.4 Å². The topological polar surface area (TPSA) is 52.0 Å². The predicted octanol–water partition coefficient (Wildman–Crippen LogP) is 7.02. The summed E-state index contributed by atoms with van der Waals surface area (Å²) in [6.45, 7) is 10.0.